The van der Waals surface area contributed by atoms with Crippen LogP contribution in [-0.2, 0) is 17.9 Å². The highest BCUT2D eigenvalue weighted by Gasteiger charge is 2.36. The van der Waals surface area contributed by atoms with Crippen LogP contribution in [0.5, 0.6) is 0 Å². The van der Waals surface area contributed by atoms with E-state index in [-0.39, 0.29) is 41.6 Å². The Hall–Kier alpha value is -4.60. The number of aromatic nitrogens is 2. The van der Waals surface area contributed by atoms with Crippen LogP contribution >= 0.6 is 0 Å². The van der Waals surface area contributed by atoms with Gasteiger partial charge in [-0.25, -0.2) is 9.18 Å². The zero-order valence-electron chi connectivity index (χ0n) is 16.9. The summed E-state index contributed by atoms with van der Waals surface area (Å²) in [7, 11) is 0. The van der Waals surface area contributed by atoms with Crippen molar-refractivity contribution in [3.05, 3.63) is 95.0 Å². The molecule has 164 valence electrons. The largest absolute Gasteiger partial charge is 0.467 e. The van der Waals surface area contributed by atoms with Gasteiger partial charge >= 0.3 is 5.97 Å². The number of halogens is 1. The summed E-state index contributed by atoms with van der Waals surface area (Å²) in [5, 5.41) is 3.78. The van der Waals surface area contributed by atoms with E-state index in [0.717, 1.165) is 4.90 Å². The molecule has 0 saturated heterocycles. The van der Waals surface area contributed by atoms with Gasteiger partial charge in [0.25, 0.3) is 17.7 Å². The molecule has 0 fully saturated rings. The van der Waals surface area contributed by atoms with Crippen LogP contribution in [-0.4, -0.2) is 32.8 Å². The molecule has 0 saturated carbocycles. The second-order valence-electron chi connectivity index (χ2n) is 7.13. The van der Waals surface area contributed by atoms with Gasteiger partial charge in [-0.3, -0.25) is 14.5 Å². The van der Waals surface area contributed by atoms with E-state index in [1.807, 2.05) is 0 Å². The summed E-state index contributed by atoms with van der Waals surface area (Å²) in [6.07, 6.45) is 1.45. The molecule has 5 rings (SSSR count). The van der Waals surface area contributed by atoms with Gasteiger partial charge in [-0.05, 0) is 54.6 Å². The lowest BCUT2D eigenvalue weighted by molar-refractivity contribution is 0.0429. The fourth-order valence-corrected chi connectivity index (χ4v) is 3.36. The monoisotopic (exact) mass is 447 g/mol. The lowest BCUT2D eigenvalue weighted by atomic mass is 10.1. The number of imide groups is 1. The molecule has 1 aliphatic heterocycles. The fraction of sp³-hybridized carbons (Fsp3) is 0.0870. The lowest BCUT2D eigenvalue weighted by Gasteiger charge is -2.11. The molecule has 9 nitrogen and oxygen atoms in total. The number of benzene rings is 2. The van der Waals surface area contributed by atoms with Crippen molar-refractivity contribution in [1.29, 1.82) is 0 Å². The Morgan fingerprint density at radius 2 is 1.82 bits per heavy atom. The molecule has 10 heteroatoms. The van der Waals surface area contributed by atoms with Crippen LogP contribution < -0.4 is 0 Å². The van der Waals surface area contributed by atoms with Crippen LogP contribution in [0.4, 0.5) is 4.39 Å². The van der Waals surface area contributed by atoms with E-state index >= 15 is 0 Å². The maximum Gasteiger partial charge on any atom is 0.338 e. The first-order valence-electron chi connectivity index (χ1n) is 9.78. The topological polar surface area (TPSA) is 116 Å². The minimum absolute atomic E-state index is 0.00726. The molecule has 33 heavy (non-hydrogen) atoms. The first kappa shape index (κ1) is 20.3. The SMILES string of the molecule is O=C(OCc1nc(-c2ccc(F)cc2)no1)c1ccc2c(c1)C(=O)N(Cc1ccco1)C2=O. The normalized spacial score (nSPS) is 12.8. The average Bonchev–Trinajstić information content (AvgIpc) is 3.56. The molecule has 0 bridgehead atoms. The molecule has 0 N–H and O–H groups in total. The van der Waals surface area contributed by atoms with Crippen LogP contribution in [0.25, 0.3) is 11.4 Å². The maximum atomic E-state index is 13.0. The molecule has 0 atom stereocenters. The van der Waals surface area contributed by atoms with E-state index in [4.69, 9.17) is 13.7 Å². The Morgan fingerprint density at radius 3 is 2.58 bits per heavy atom. The van der Waals surface area contributed by atoms with Crippen LogP contribution in [0.15, 0.2) is 69.8 Å². The zero-order chi connectivity index (χ0) is 22.9. The van der Waals surface area contributed by atoms with Gasteiger partial charge in [0.15, 0.2) is 6.61 Å². The van der Waals surface area contributed by atoms with Gasteiger partial charge in [-0.2, -0.15) is 4.98 Å². The van der Waals surface area contributed by atoms with Gasteiger partial charge in [0.05, 0.1) is 29.5 Å². The number of carbonyl (C=O) groups excluding carboxylic acids is 3. The quantitative estimate of drug-likeness (QED) is 0.325. The van der Waals surface area contributed by atoms with Crippen LogP contribution in [0.3, 0.4) is 0 Å². The first-order chi connectivity index (χ1) is 16.0. The minimum Gasteiger partial charge on any atom is -0.467 e. The highest BCUT2D eigenvalue weighted by Crippen LogP contribution is 2.26. The van der Waals surface area contributed by atoms with Gasteiger partial charge in [0, 0.05) is 5.56 Å². The van der Waals surface area contributed by atoms with Crippen LogP contribution in [0.2, 0.25) is 0 Å². The number of ether oxygens (including phenoxy) is 1. The number of carbonyl (C=O) groups is 3. The number of esters is 1. The Labute approximate surface area is 185 Å². The minimum atomic E-state index is -0.732. The van der Waals surface area contributed by atoms with Crippen molar-refractivity contribution in [2.45, 2.75) is 13.2 Å². The summed E-state index contributed by atoms with van der Waals surface area (Å²) < 4.78 is 28.5. The first-order valence-corrected chi connectivity index (χ1v) is 9.78. The molecule has 3 heterocycles. The third-order valence-electron chi connectivity index (χ3n) is 5.00. The summed E-state index contributed by atoms with van der Waals surface area (Å²) in [5.41, 5.74) is 0.938. The standard InChI is InChI=1S/C23H14FN3O6/c24-15-6-3-13(4-7-15)20-25-19(33-26-20)12-32-23(30)14-5-8-17-18(10-14)22(29)27(21(17)28)11-16-2-1-9-31-16/h1-10H,11-12H2. The van der Waals surface area contributed by atoms with Crippen LogP contribution in [0.1, 0.15) is 42.7 Å². The van der Waals surface area contributed by atoms with Crippen molar-refractivity contribution < 1.29 is 32.5 Å². The summed E-state index contributed by atoms with van der Waals surface area (Å²) in [4.78, 5) is 42.9. The summed E-state index contributed by atoms with van der Waals surface area (Å²) in [5.74, 6) is -1.39. The molecule has 2 aromatic carbocycles. The molecule has 1 aliphatic rings. The number of amides is 2. The lowest BCUT2D eigenvalue weighted by Crippen LogP contribution is -2.28. The van der Waals surface area contributed by atoms with Crippen molar-refractivity contribution in [3.8, 4) is 11.4 Å². The fourth-order valence-electron chi connectivity index (χ4n) is 3.36. The zero-order valence-corrected chi connectivity index (χ0v) is 16.9. The van der Waals surface area contributed by atoms with Crippen molar-refractivity contribution >= 4 is 17.8 Å². The van der Waals surface area contributed by atoms with Crippen LogP contribution in [0, 0.1) is 5.82 Å². The second-order valence-corrected chi connectivity index (χ2v) is 7.13. The summed E-state index contributed by atoms with van der Waals surface area (Å²) >= 11 is 0. The predicted octanol–water partition coefficient (Wildman–Crippen LogP) is 3.62. The molecular formula is C23H14FN3O6. The number of hydrogen-bond donors (Lipinski definition) is 0. The van der Waals surface area contributed by atoms with Crippen molar-refractivity contribution in [3.63, 3.8) is 0 Å². The second kappa shape index (κ2) is 8.15. The third kappa shape index (κ3) is 3.89. The van der Waals surface area contributed by atoms with E-state index in [1.165, 1.54) is 48.7 Å². The van der Waals surface area contributed by atoms with Crippen molar-refractivity contribution in [2.75, 3.05) is 0 Å². The molecule has 4 aromatic rings. The number of fused-ring (bicyclic) bond motifs is 1. The van der Waals surface area contributed by atoms with Gasteiger partial charge in [-0.1, -0.05) is 5.16 Å². The maximum absolute atomic E-state index is 13.0. The van der Waals surface area contributed by atoms with Gasteiger partial charge in [-0.15, -0.1) is 0 Å². The van der Waals surface area contributed by atoms with E-state index in [0.29, 0.717) is 11.3 Å². The van der Waals surface area contributed by atoms with Crippen molar-refractivity contribution in [1.82, 2.24) is 15.0 Å². The highest BCUT2D eigenvalue weighted by molar-refractivity contribution is 6.21. The van der Waals surface area contributed by atoms with Gasteiger partial charge in [0.2, 0.25) is 5.82 Å². The van der Waals surface area contributed by atoms with E-state index in [1.54, 1.807) is 12.1 Å². The molecule has 2 amide bonds. The van der Waals surface area contributed by atoms with Crippen molar-refractivity contribution in [2.24, 2.45) is 0 Å². The molecule has 0 spiro atoms. The van der Waals surface area contributed by atoms with E-state index in [2.05, 4.69) is 10.1 Å². The molecular weight excluding hydrogens is 433 g/mol. The summed E-state index contributed by atoms with van der Waals surface area (Å²) in [6, 6.07) is 13.0. The van der Waals surface area contributed by atoms with Gasteiger partial charge < -0.3 is 13.7 Å². The number of furan rings is 1. The molecule has 0 aliphatic carbocycles. The Balaban J connectivity index is 1.26. The Morgan fingerprint density at radius 1 is 1.03 bits per heavy atom. The van der Waals surface area contributed by atoms with E-state index in [9.17, 15) is 18.8 Å². The Bertz CT molecular complexity index is 1360. The molecule has 2 aromatic heterocycles. The number of nitrogens with zero attached hydrogens (tertiary/aromatic N) is 3. The van der Waals surface area contributed by atoms with E-state index < -0.39 is 23.6 Å². The average molecular weight is 447 g/mol. The predicted molar refractivity (Wildman–Crippen MR) is 108 cm³/mol. The Kier molecular flexibility index (Phi) is 5.02. The molecule has 0 radical (unpaired) electrons. The summed E-state index contributed by atoms with van der Waals surface area (Å²) in [6.45, 7) is -0.311. The van der Waals surface area contributed by atoms with Gasteiger partial charge in [0.1, 0.15) is 11.6 Å². The highest BCUT2D eigenvalue weighted by atomic mass is 19.1. The number of hydrogen-bond acceptors (Lipinski definition) is 8. The smallest absolute Gasteiger partial charge is 0.338 e. The third-order valence-corrected chi connectivity index (χ3v) is 5.00. The number of rotatable bonds is 6. The molecule has 0 unspecified atom stereocenters.